The molecule has 0 atom stereocenters. The molecular formula is C12H7NO4. The van der Waals surface area contributed by atoms with Crippen LogP contribution in [0.3, 0.4) is 0 Å². The number of rotatable bonds is 1. The summed E-state index contributed by atoms with van der Waals surface area (Å²) < 4.78 is 4.62. The Morgan fingerprint density at radius 1 is 1.06 bits per heavy atom. The average Bonchev–Trinajstić information content (AvgIpc) is 2.35. The topological polar surface area (TPSA) is 75.6 Å². The van der Waals surface area contributed by atoms with Crippen LogP contribution in [0.5, 0.6) is 0 Å². The molecule has 0 spiro atoms. The molecule has 5 heteroatoms. The van der Waals surface area contributed by atoms with Crippen LogP contribution in [0, 0.1) is 0 Å². The van der Waals surface area contributed by atoms with Gasteiger partial charge in [-0.2, -0.15) is 0 Å². The van der Waals surface area contributed by atoms with E-state index in [-0.39, 0.29) is 5.56 Å². The quantitative estimate of drug-likeness (QED) is 0.444. The summed E-state index contributed by atoms with van der Waals surface area (Å²) >= 11 is 0. The maximum atomic E-state index is 11.6. The number of anilines is 1. The Bertz CT molecular complexity index is 663. The van der Waals surface area contributed by atoms with Crippen LogP contribution in [0.15, 0.2) is 30.3 Å². The number of ether oxygens (including phenoxy) is 1. The van der Waals surface area contributed by atoms with Gasteiger partial charge in [0.2, 0.25) is 0 Å². The summed E-state index contributed by atoms with van der Waals surface area (Å²) in [5.41, 5.74) is 2.98. The van der Waals surface area contributed by atoms with Crippen molar-refractivity contribution in [3.8, 4) is 0 Å². The van der Waals surface area contributed by atoms with Crippen LogP contribution in [0.4, 0.5) is 5.69 Å². The highest BCUT2D eigenvalue weighted by Crippen LogP contribution is 2.31. The van der Waals surface area contributed by atoms with Crippen molar-refractivity contribution in [2.45, 2.75) is 0 Å². The lowest BCUT2D eigenvalue weighted by Gasteiger charge is -2.16. The van der Waals surface area contributed by atoms with Gasteiger partial charge in [-0.05, 0) is 23.6 Å². The molecule has 2 aromatic carbocycles. The maximum absolute atomic E-state index is 11.6. The number of carbonyl (C=O) groups excluding carboxylic acids is 2. The highest BCUT2D eigenvalue weighted by Gasteiger charge is 2.27. The first-order valence-electron chi connectivity index (χ1n) is 4.94. The highest BCUT2D eigenvalue weighted by molar-refractivity contribution is 6.21. The van der Waals surface area contributed by atoms with Gasteiger partial charge in [0.1, 0.15) is 0 Å². The Kier molecular flexibility index (Phi) is 1.90. The monoisotopic (exact) mass is 229 g/mol. The molecule has 0 saturated heterocycles. The van der Waals surface area contributed by atoms with E-state index < -0.39 is 11.9 Å². The molecular weight excluding hydrogens is 222 g/mol. The Morgan fingerprint density at radius 3 is 2.59 bits per heavy atom. The molecule has 0 saturated carbocycles. The van der Waals surface area contributed by atoms with Crippen LogP contribution in [0.1, 0.15) is 20.7 Å². The van der Waals surface area contributed by atoms with E-state index in [1.807, 2.05) is 5.48 Å². The molecule has 2 aromatic rings. The van der Waals surface area contributed by atoms with E-state index in [0.29, 0.717) is 22.0 Å². The number of hydrogen-bond acceptors (Lipinski definition) is 5. The summed E-state index contributed by atoms with van der Waals surface area (Å²) in [5.74, 6) is -1.34. The summed E-state index contributed by atoms with van der Waals surface area (Å²) in [5, 5.41) is 10.1. The van der Waals surface area contributed by atoms with Gasteiger partial charge in [0, 0.05) is 5.39 Å². The summed E-state index contributed by atoms with van der Waals surface area (Å²) in [6.07, 6.45) is 0. The van der Waals surface area contributed by atoms with Crippen LogP contribution >= 0.6 is 0 Å². The molecule has 0 unspecified atom stereocenters. The number of carbonyl (C=O) groups is 2. The van der Waals surface area contributed by atoms with Crippen LogP contribution in [-0.4, -0.2) is 17.1 Å². The first-order chi connectivity index (χ1) is 8.20. The van der Waals surface area contributed by atoms with E-state index in [1.54, 1.807) is 24.3 Å². The van der Waals surface area contributed by atoms with Crippen molar-refractivity contribution in [1.29, 1.82) is 0 Å². The van der Waals surface area contributed by atoms with E-state index in [4.69, 9.17) is 5.21 Å². The standard InChI is InChI=1S/C12H7NO4/c14-11-8-3-1-2-6-4-7(13-16)5-9(10(6)8)12(15)17-11/h1-5,13,16H. The van der Waals surface area contributed by atoms with Crippen molar-refractivity contribution in [2.75, 3.05) is 5.48 Å². The minimum Gasteiger partial charge on any atom is -0.386 e. The van der Waals surface area contributed by atoms with E-state index >= 15 is 0 Å². The molecule has 3 rings (SSSR count). The Balaban J connectivity index is 2.48. The number of cyclic esters (lactones) is 2. The second-order valence-electron chi connectivity index (χ2n) is 3.72. The van der Waals surface area contributed by atoms with Gasteiger partial charge in [-0.15, -0.1) is 0 Å². The van der Waals surface area contributed by atoms with E-state index in [9.17, 15) is 9.59 Å². The van der Waals surface area contributed by atoms with Crippen LogP contribution in [0.25, 0.3) is 10.8 Å². The zero-order valence-corrected chi connectivity index (χ0v) is 8.56. The van der Waals surface area contributed by atoms with Crippen LogP contribution < -0.4 is 5.48 Å². The lowest BCUT2D eigenvalue weighted by Crippen LogP contribution is -2.19. The van der Waals surface area contributed by atoms with Crippen molar-refractivity contribution in [2.24, 2.45) is 0 Å². The van der Waals surface area contributed by atoms with Gasteiger partial charge >= 0.3 is 11.9 Å². The summed E-state index contributed by atoms with van der Waals surface area (Å²) in [7, 11) is 0. The molecule has 0 aromatic heterocycles. The molecule has 2 N–H and O–H groups in total. The van der Waals surface area contributed by atoms with Gasteiger partial charge in [-0.25, -0.2) is 9.59 Å². The molecule has 5 nitrogen and oxygen atoms in total. The zero-order valence-electron chi connectivity index (χ0n) is 8.56. The lowest BCUT2D eigenvalue weighted by atomic mass is 9.97. The van der Waals surface area contributed by atoms with Crippen molar-refractivity contribution < 1.29 is 19.5 Å². The number of benzene rings is 2. The maximum Gasteiger partial charge on any atom is 0.346 e. The zero-order chi connectivity index (χ0) is 12.0. The molecule has 0 bridgehead atoms. The Hall–Kier alpha value is -2.40. The lowest BCUT2D eigenvalue weighted by molar-refractivity contribution is 0.0391. The minimum atomic E-state index is -0.698. The fourth-order valence-corrected chi connectivity index (χ4v) is 2.02. The van der Waals surface area contributed by atoms with Gasteiger partial charge in [-0.3, -0.25) is 10.7 Å². The van der Waals surface area contributed by atoms with Crippen molar-refractivity contribution in [3.63, 3.8) is 0 Å². The molecule has 1 aliphatic heterocycles. The predicted octanol–water partition coefficient (Wildman–Crippen LogP) is 1.95. The van der Waals surface area contributed by atoms with Crippen LogP contribution in [0.2, 0.25) is 0 Å². The molecule has 1 heterocycles. The normalized spacial score (nSPS) is 13.7. The van der Waals surface area contributed by atoms with Gasteiger partial charge in [0.05, 0.1) is 16.8 Å². The third-order valence-corrected chi connectivity index (χ3v) is 2.73. The molecule has 0 amide bonds. The van der Waals surface area contributed by atoms with E-state index in [1.165, 1.54) is 6.07 Å². The summed E-state index contributed by atoms with van der Waals surface area (Å²) in [6.45, 7) is 0. The van der Waals surface area contributed by atoms with Gasteiger partial charge in [0.15, 0.2) is 0 Å². The number of esters is 2. The number of hydrogen-bond donors (Lipinski definition) is 2. The average molecular weight is 229 g/mol. The SMILES string of the molecule is O=C1OC(=O)c2cc(NO)cc3cccc1c23. The van der Waals surface area contributed by atoms with Crippen molar-refractivity contribution >= 4 is 28.4 Å². The fraction of sp³-hybridized carbons (Fsp3) is 0. The van der Waals surface area contributed by atoms with Crippen molar-refractivity contribution in [1.82, 2.24) is 0 Å². The number of nitrogens with one attached hydrogen (secondary N) is 1. The molecule has 0 fully saturated rings. The molecule has 0 aliphatic carbocycles. The van der Waals surface area contributed by atoms with Crippen LogP contribution in [-0.2, 0) is 4.74 Å². The van der Waals surface area contributed by atoms with Gasteiger partial charge < -0.3 is 4.74 Å². The second kappa shape index (κ2) is 3.29. The van der Waals surface area contributed by atoms with E-state index in [2.05, 4.69) is 4.74 Å². The largest absolute Gasteiger partial charge is 0.386 e. The highest BCUT2D eigenvalue weighted by atomic mass is 16.6. The molecule has 84 valence electrons. The van der Waals surface area contributed by atoms with E-state index in [0.717, 1.165) is 0 Å². The third-order valence-electron chi connectivity index (χ3n) is 2.73. The Labute approximate surface area is 95.6 Å². The molecule has 17 heavy (non-hydrogen) atoms. The fourth-order valence-electron chi connectivity index (χ4n) is 2.02. The summed E-state index contributed by atoms with van der Waals surface area (Å²) in [6, 6.07) is 8.15. The first kappa shape index (κ1) is 9.80. The van der Waals surface area contributed by atoms with Crippen molar-refractivity contribution in [3.05, 3.63) is 41.5 Å². The minimum absolute atomic E-state index is 0.272. The van der Waals surface area contributed by atoms with Gasteiger partial charge in [-0.1, -0.05) is 12.1 Å². The molecule has 0 radical (unpaired) electrons. The smallest absolute Gasteiger partial charge is 0.346 e. The Morgan fingerprint density at radius 2 is 1.82 bits per heavy atom. The third kappa shape index (κ3) is 1.29. The summed E-state index contributed by atoms with van der Waals surface area (Å²) in [4.78, 5) is 23.1. The predicted molar refractivity (Wildman–Crippen MR) is 59.1 cm³/mol. The second-order valence-corrected chi connectivity index (χ2v) is 3.72. The molecule has 1 aliphatic rings. The van der Waals surface area contributed by atoms with Gasteiger partial charge in [0.25, 0.3) is 0 Å². The first-order valence-corrected chi connectivity index (χ1v) is 4.94.